The fourth-order valence-corrected chi connectivity index (χ4v) is 2.14. The summed E-state index contributed by atoms with van der Waals surface area (Å²) in [6, 6.07) is 7.24. The van der Waals surface area contributed by atoms with E-state index in [2.05, 4.69) is 26.8 Å². The van der Waals surface area contributed by atoms with Gasteiger partial charge in [-0.15, -0.1) is 0 Å². The van der Waals surface area contributed by atoms with E-state index >= 15 is 0 Å². The zero-order chi connectivity index (χ0) is 15.6. The van der Waals surface area contributed by atoms with Gasteiger partial charge in [-0.25, -0.2) is 0 Å². The van der Waals surface area contributed by atoms with Gasteiger partial charge in [-0.2, -0.15) is 0 Å². The summed E-state index contributed by atoms with van der Waals surface area (Å²) in [5.41, 5.74) is 8.26. The molecule has 0 radical (unpaired) electrons. The highest BCUT2D eigenvalue weighted by Crippen LogP contribution is 2.19. The Kier molecular flexibility index (Phi) is 4.47. The second kappa shape index (κ2) is 6.13. The molecule has 1 aromatic carbocycles. The normalized spacial score (nSPS) is 10.3. The van der Waals surface area contributed by atoms with Gasteiger partial charge in [0.25, 0.3) is 5.91 Å². The first kappa shape index (κ1) is 15.3. The number of Topliss-reactive ketones (excluding diaryl/α,β-unsaturated/α-hetero) is 1. The van der Waals surface area contributed by atoms with Gasteiger partial charge in [-0.05, 0) is 43.7 Å². The van der Waals surface area contributed by atoms with Gasteiger partial charge in [0, 0.05) is 23.3 Å². The summed E-state index contributed by atoms with van der Waals surface area (Å²) < 4.78 is 2.63. The summed E-state index contributed by atoms with van der Waals surface area (Å²) in [6.07, 6.45) is 1.64. The Morgan fingerprint density at radius 2 is 1.95 bits per heavy atom. The number of benzene rings is 1. The zero-order valence-corrected chi connectivity index (χ0v) is 13.6. The van der Waals surface area contributed by atoms with E-state index in [0.29, 0.717) is 11.3 Å². The number of aryl methyl sites for hydroxylation is 2. The van der Waals surface area contributed by atoms with E-state index in [9.17, 15) is 9.59 Å². The van der Waals surface area contributed by atoms with Crippen LogP contribution in [-0.2, 0) is 7.05 Å². The third-order valence-corrected chi connectivity index (χ3v) is 4.01. The Morgan fingerprint density at radius 3 is 2.52 bits per heavy atom. The smallest absolute Gasteiger partial charge is 0.286 e. The predicted molar refractivity (Wildman–Crippen MR) is 85.4 cm³/mol. The van der Waals surface area contributed by atoms with E-state index in [4.69, 9.17) is 0 Å². The Bertz CT molecular complexity index is 707. The van der Waals surface area contributed by atoms with Gasteiger partial charge in [0.15, 0.2) is 5.78 Å². The fraction of sp³-hybridized carbons (Fsp3) is 0.200. The summed E-state index contributed by atoms with van der Waals surface area (Å²) in [7, 11) is 1.73. The van der Waals surface area contributed by atoms with Crippen LogP contribution in [0, 0.1) is 6.92 Å². The molecule has 0 fully saturated rings. The monoisotopic (exact) mass is 349 g/mol. The van der Waals surface area contributed by atoms with Crippen LogP contribution in [0.15, 0.2) is 34.9 Å². The second-order valence-electron chi connectivity index (χ2n) is 4.82. The number of halogens is 1. The molecule has 6 heteroatoms. The largest absolute Gasteiger partial charge is 0.346 e. The molecule has 1 aromatic heterocycles. The van der Waals surface area contributed by atoms with Gasteiger partial charge >= 0.3 is 0 Å². The maximum atomic E-state index is 12.1. The molecule has 0 atom stereocenters. The molecule has 0 spiro atoms. The average molecular weight is 350 g/mol. The van der Waals surface area contributed by atoms with Crippen molar-refractivity contribution in [2.75, 3.05) is 5.43 Å². The highest BCUT2D eigenvalue weighted by atomic mass is 79.9. The first-order valence-electron chi connectivity index (χ1n) is 6.38. The Morgan fingerprint density at radius 1 is 1.24 bits per heavy atom. The molecule has 1 heterocycles. The number of nitrogens with one attached hydrogen (secondary N) is 2. The number of hydrazine groups is 1. The molecule has 2 rings (SSSR count). The molecule has 0 saturated heterocycles. The van der Waals surface area contributed by atoms with E-state index < -0.39 is 0 Å². The number of hydrogen-bond donors (Lipinski definition) is 2. The van der Waals surface area contributed by atoms with E-state index in [0.717, 1.165) is 15.7 Å². The summed E-state index contributed by atoms with van der Waals surface area (Å²) in [6.45, 7) is 3.44. The van der Waals surface area contributed by atoms with Crippen LogP contribution in [0.5, 0.6) is 0 Å². The number of amides is 1. The van der Waals surface area contributed by atoms with E-state index in [-0.39, 0.29) is 11.7 Å². The second-order valence-corrected chi connectivity index (χ2v) is 5.68. The summed E-state index contributed by atoms with van der Waals surface area (Å²) >= 11 is 3.42. The van der Waals surface area contributed by atoms with Gasteiger partial charge in [-0.3, -0.25) is 20.4 Å². The number of carbonyl (C=O) groups is 2. The Hall–Kier alpha value is -2.08. The number of aromatic nitrogens is 1. The average Bonchev–Trinajstić information content (AvgIpc) is 2.82. The molecule has 0 aliphatic carbocycles. The first-order chi connectivity index (χ1) is 9.88. The Balaban J connectivity index is 2.08. The van der Waals surface area contributed by atoms with Crippen molar-refractivity contribution < 1.29 is 9.59 Å². The summed E-state index contributed by atoms with van der Waals surface area (Å²) in [5.74, 6) is -0.369. The maximum Gasteiger partial charge on any atom is 0.286 e. The molecule has 110 valence electrons. The Labute approximate surface area is 131 Å². The van der Waals surface area contributed by atoms with Crippen molar-refractivity contribution in [3.05, 3.63) is 51.8 Å². The van der Waals surface area contributed by atoms with Crippen molar-refractivity contribution in [1.82, 2.24) is 9.99 Å². The van der Waals surface area contributed by atoms with Gasteiger partial charge in [-0.1, -0.05) is 15.9 Å². The molecule has 0 aliphatic rings. The fourth-order valence-electron chi connectivity index (χ4n) is 1.90. The van der Waals surface area contributed by atoms with Crippen molar-refractivity contribution in [2.45, 2.75) is 13.8 Å². The molecular weight excluding hydrogens is 334 g/mol. The molecule has 2 N–H and O–H groups in total. The van der Waals surface area contributed by atoms with Gasteiger partial charge < -0.3 is 4.57 Å². The van der Waals surface area contributed by atoms with Crippen LogP contribution in [0.25, 0.3) is 0 Å². The number of nitrogens with zero attached hydrogens (tertiary/aromatic N) is 1. The zero-order valence-electron chi connectivity index (χ0n) is 12.0. The SMILES string of the molecule is CC(=O)c1cc(C(=O)NNc2ccc(Br)c(C)c2)n(C)c1. The molecule has 21 heavy (non-hydrogen) atoms. The van der Waals surface area contributed by atoms with Crippen LogP contribution in [0.1, 0.15) is 33.3 Å². The minimum Gasteiger partial charge on any atom is -0.346 e. The highest BCUT2D eigenvalue weighted by Gasteiger charge is 2.13. The van der Waals surface area contributed by atoms with E-state index in [1.54, 1.807) is 23.9 Å². The third kappa shape index (κ3) is 3.52. The van der Waals surface area contributed by atoms with Crippen LogP contribution in [0.4, 0.5) is 5.69 Å². The van der Waals surface area contributed by atoms with Crippen molar-refractivity contribution >= 4 is 33.3 Å². The summed E-state index contributed by atoms with van der Waals surface area (Å²) in [4.78, 5) is 23.4. The van der Waals surface area contributed by atoms with Crippen LogP contribution in [0.3, 0.4) is 0 Å². The molecule has 1 amide bonds. The van der Waals surface area contributed by atoms with Crippen LogP contribution in [-0.4, -0.2) is 16.3 Å². The van der Waals surface area contributed by atoms with Crippen molar-refractivity contribution in [1.29, 1.82) is 0 Å². The summed E-state index contributed by atoms with van der Waals surface area (Å²) in [5, 5.41) is 0. The molecule has 2 aromatic rings. The van der Waals surface area contributed by atoms with Gasteiger partial charge in [0.05, 0.1) is 5.69 Å². The lowest BCUT2D eigenvalue weighted by Crippen LogP contribution is -2.30. The van der Waals surface area contributed by atoms with E-state index in [1.807, 2.05) is 25.1 Å². The van der Waals surface area contributed by atoms with Crippen molar-refractivity contribution in [3.8, 4) is 0 Å². The minimum absolute atomic E-state index is 0.0684. The molecular formula is C15H16BrN3O2. The quantitative estimate of drug-likeness (QED) is 0.658. The van der Waals surface area contributed by atoms with Crippen LogP contribution in [0.2, 0.25) is 0 Å². The minimum atomic E-state index is -0.300. The lowest BCUT2D eigenvalue weighted by atomic mass is 10.2. The van der Waals surface area contributed by atoms with Crippen LogP contribution < -0.4 is 10.9 Å². The van der Waals surface area contributed by atoms with Gasteiger partial charge in [0.2, 0.25) is 0 Å². The number of ketones is 1. The molecule has 5 nitrogen and oxygen atoms in total. The highest BCUT2D eigenvalue weighted by molar-refractivity contribution is 9.10. The molecule has 0 saturated carbocycles. The topological polar surface area (TPSA) is 63.1 Å². The number of rotatable bonds is 4. The standard InChI is InChI=1S/C15H16BrN3O2/c1-9-6-12(4-5-13(9)16)17-18-15(21)14-7-11(10(2)20)8-19(14)3/h4-8,17H,1-3H3,(H,18,21). The maximum absolute atomic E-state index is 12.1. The number of anilines is 1. The molecule has 0 unspecified atom stereocenters. The lowest BCUT2D eigenvalue weighted by molar-refractivity contribution is 0.0954. The predicted octanol–water partition coefficient (Wildman–Crippen LogP) is 3.06. The number of hydrogen-bond acceptors (Lipinski definition) is 3. The van der Waals surface area contributed by atoms with Gasteiger partial charge in [0.1, 0.15) is 5.69 Å². The number of carbonyl (C=O) groups excluding carboxylic acids is 2. The molecule has 0 bridgehead atoms. The van der Waals surface area contributed by atoms with Crippen LogP contribution >= 0.6 is 15.9 Å². The van der Waals surface area contributed by atoms with E-state index in [1.165, 1.54) is 6.92 Å². The third-order valence-electron chi connectivity index (χ3n) is 3.12. The van der Waals surface area contributed by atoms with Crippen molar-refractivity contribution in [3.63, 3.8) is 0 Å². The molecule has 0 aliphatic heterocycles. The van der Waals surface area contributed by atoms with Crippen molar-refractivity contribution in [2.24, 2.45) is 7.05 Å². The first-order valence-corrected chi connectivity index (χ1v) is 7.17. The lowest BCUT2D eigenvalue weighted by Gasteiger charge is -2.10.